The number of aliphatic hydroxyl groups is 2. The highest BCUT2D eigenvalue weighted by molar-refractivity contribution is 5.77. The van der Waals surface area contributed by atoms with Gasteiger partial charge in [0.2, 0.25) is 0 Å². The highest BCUT2D eigenvalue weighted by Crippen LogP contribution is 2.60. The maximum atomic E-state index is 12.3. The summed E-state index contributed by atoms with van der Waals surface area (Å²) in [5, 5.41) is 26.4. The third-order valence-corrected chi connectivity index (χ3v) is 8.74. The molecule has 0 radical (unpaired) electrons. The van der Waals surface area contributed by atoms with Crippen molar-refractivity contribution in [1.82, 2.24) is 10.3 Å². The zero-order valence-electron chi connectivity index (χ0n) is 21.6. The van der Waals surface area contributed by atoms with Gasteiger partial charge in [0, 0.05) is 24.4 Å². The molecule has 194 valence electrons. The van der Waals surface area contributed by atoms with Gasteiger partial charge in [-0.15, -0.1) is 0 Å². The van der Waals surface area contributed by atoms with Crippen molar-refractivity contribution < 1.29 is 19.7 Å². The lowest BCUT2D eigenvalue weighted by Crippen LogP contribution is -2.62. The predicted molar refractivity (Wildman–Crippen MR) is 142 cm³/mol. The predicted octanol–water partition coefficient (Wildman–Crippen LogP) is 4.42. The monoisotopic (exact) mass is 500 g/mol. The number of carbonyl (C=O) groups is 1. The fourth-order valence-electron chi connectivity index (χ4n) is 6.70. The fourth-order valence-corrected chi connectivity index (χ4v) is 6.70. The van der Waals surface area contributed by atoms with E-state index in [-0.39, 0.29) is 23.8 Å². The van der Waals surface area contributed by atoms with Gasteiger partial charge in [-0.25, -0.2) is 0 Å². The number of aryl methyl sites for hydroxylation is 1. The minimum Gasteiger partial charge on any atom is -0.484 e. The van der Waals surface area contributed by atoms with E-state index in [2.05, 4.69) is 23.3 Å². The fraction of sp³-hybridized carbons (Fsp3) is 0.419. The number of pyridine rings is 1. The number of carbonyl (C=O) groups excluding carboxylic acids is 1. The van der Waals surface area contributed by atoms with Gasteiger partial charge in [-0.1, -0.05) is 43.3 Å². The lowest BCUT2D eigenvalue weighted by Gasteiger charge is -2.59. The van der Waals surface area contributed by atoms with Crippen LogP contribution >= 0.6 is 0 Å². The van der Waals surface area contributed by atoms with Crippen molar-refractivity contribution in [3.8, 4) is 5.75 Å². The third-order valence-electron chi connectivity index (χ3n) is 8.74. The van der Waals surface area contributed by atoms with E-state index < -0.39 is 11.2 Å². The molecule has 2 aliphatic carbocycles. The number of nitrogens with one attached hydrogen (secondary N) is 1. The molecule has 0 bridgehead atoms. The Labute approximate surface area is 218 Å². The SMILES string of the molecule is CCC12CC(C)(O)C(O)(c3ccccc3)C[C@@H]1CCc1cc(OCC(=O)NCc3ccncc3)ccc12. The number of ether oxygens (including phenoxy) is 1. The molecule has 1 amide bonds. The number of hydrogen-bond acceptors (Lipinski definition) is 5. The quantitative estimate of drug-likeness (QED) is 0.447. The number of rotatable bonds is 7. The molecule has 1 heterocycles. The maximum absolute atomic E-state index is 12.3. The van der Waals surface area contributed by atoms with Crippen molar-refractivity contribution in [3.63, 3.8) is 0 Å². The van der Waals surface area contributed by atoms with Gasteiger partial charge in [-0.3, -0.25) is 9.78 Å². The zero-order chi connectivity index (χ0) is 26.1. The van der Waals surface area contributed by atoms with Crippen LogP contribution in [0.1, 0.15) is 61.8 Å². The van der Waals surface area contributed by atoms with Crippen LogP contribution in [0.2, 0.25) is 0 Å². The molecule has 5 rings (SSSR count). The van der Waals surface area contributed by atoms with E-state index in [0.717, 1.165) is 30.4 Å². The summed E-state index contributed by atoms with van der Waals surface area (Å²) in [6, 6.07) is 19.4. The van der Waals surface area contributed by atoms with Crippen LogP contribution in [0.15, 0.2) is 73.1 Å². The van der Waals surface area contributed by atoms with Crippen LogP contribution in [-0.4, -0.2) is 33.3 Å². The smallest absolute Gasteiger partial charge is 0.258 e. The molecule has 6 nitrogen and oxygen atoms in total. The summed E-state index contributed by atoms with van der Waals surface area (Å²) in [5.74, 6) is 0.746. The maximum Gasteiger partial charge on any atom is 0.258 e. The number of hydrogen-bond donors (Lipinski definition) is 3. The van der Waals surface area contributed by atoms with Gasteiger partial charge in [0.25, 0.3) is 5.91 Å². The Morgan fingerprint density at radius 3 is 2.59 bits per heavy atom. The molecule has 1 saturated carbocycles. The number of amides is 1. The number of nitrogens with zero attached hydrogens (tertiary/aromatic N) is 1. The molecule has 6 heteroatoms. The second-order valence-corrected chi connectivity index (χ2v) is 10.9. The minimum atomic E-state index is -1.29. The van der Waals surface area contributed by atoms with Crippen LogP contribution in [-0.2, 0) is 28.8 Å². The molecule has 3 N–H and O–H groups in total. The average molecular weight is 501 g/mol. The van der Waals surface area contributed by atoms with Gasteiger partial charge in [-0.05, 0) is 91.5 Å². The third kappa shape index (κ3) is 4.64. The van der Waals surface area contributed by atoms with Crippen LogP contribution in [0, 0.1) is 5.92 Å². The number of fused-ring (bicyclic) bond motifs is 3. The van der Waals surface area contributed by atoms with E-state index in [1.807, 2.05) is 54.6 Å². The highest BCUT2D eigenvalue weighted by atomic mass is 16.5. The summed E-state index contributed by atoms with van der Waals surface area (Å²) in [6.45, 7) is 4.35. The standard InChI is InChI=1S/C31H36N2O4/c1-3-30-21-29(2,35)31(36,24-7-5-4-6-8-24)18-25(30)10-9-23-17-26(11-12-27(23)30)37-20-28(34)33-19-22-13-15-32-16-14-22/h4-8,11-17,25,35-36H,3,9-10,18-21H2,1-2H3,(H,33,34)/t25-,29?,30?,31?/m0/s1. The highest BCUT2D eigenvalue weighted by Gasteiger charge is 2.60. The Kier molecular flexibility index (Phi) is 6.82. The van der Waals surface area contributed by atoms with Crippen molar-refractivity contribution in [3.05, 3.63) is 95.3 Å². The summed E-state index contributed by atoms with van der Waals surface area (Å²) in [6.07, 6.45) is 7.09. The van der Waals surface area contributed by atoms with Crippen molar-refractivity contribution in [2.75, 3.05) is 6.61 Å². The Morgan fingerprint density at radius 1 is 1.11 bits per heavy atom. The Bertz CT molecular complexity index is 1250. The van der Waals surface area contributed by atoms with Gasteiger partial charge >= 0.3 is 0 Å². The molecule has 3 unspecified atom stereocenters. The van der Waals surface area contributed by atoms with Crippen molar-refractivity contribution in [2.24, 2.45) is 5.92 Å². The van der Waals surface area contributed by atoms with Crippen molar-refractivity contribution in [2.45, 2.75) is 69.1 Å². The first-order valence-corrected chi connectivity index (χ1v) is 13.2. The molecule has 3 aromatic rings. The topological polar surface area (TPSA) is 91.7 Å². The van der Waals surface area contributed by atoms with E-state index in [9.17, 15) is 15.0 Å². The Balaban J connectivity index is 1.32. The Hall–Kier alpha value is -3.22. The van der Waals surface area contributed by atoms with Crippen LogP contribution in [0.5, 0.6) is 5.75 Å². The van der Waals surface area contributed by atoms with E-state index in [0.29, 0.717) is 25.1 Å². The molecule has 1 aromatic heterocycles. The number of benzene rings is 2. The van der Waals surface area contributed by atoms with Crippen molar-refractivity contribution in [1.29, 1.82) is 0 Å². The largest absolute Gasteiger partial charge is 0.484 e. The summed E-state index contributed by atoms with van der Waals surface area (Å²) < 4.78 is 5.84. The van der Waals surface area contributed by atoms with E-state index in [1.165, 1.54) is 11.1 Å². The van der Waals surface area contributed by atoms with Crippen LogP contribution in [0.3, 0.4) is 0 Å². The first-order chi connectivity index (χ1) is 17.8. The summed E-state index contributed by atoms with van der Waals surface area (Å²) >= 11 is 0. The van der Waals surface area contributed by atoms with Crippen LogP contribution in [0.4, 0.5) is 0 Å². The molecule has 1 fully saturated rings. The molecule has 4 atom stereocenters. The zero-order valence-corrected chi connectivity index (χ0v) is 21.6. The number of aromatic nitrogens is 1. The summed E-state index contributed by atoms with van der Waals surface area (Å²) in [4.78, 5) is 16.3. The van der Waals surface area contributed by atoms with Gasteiger partial charge in [-0.2, -0.15) is 0 Å². The van der Waals surface area contributed by atoms with E-state index >= 15 is 0 Å². The van der Waals surface area contributed by atoms with E-state index in [4.69, 9.17) is 4.74 Å². The van der Waals surface area contributed by atoms with Gasteiger partial charge in [0.1, 0.15) is 11.4 Å². The van der Waals surface area contributed by atoms with Gasteiger partial charge < -0.3 is 20.3 Å². The molecular weight excluding hydrogens is 464 g/mol. The molecule has 2 aromatic carbocycles. The van der Waals surface area contributed by atoms with E-state index in [1.54, 1.807) is 19.3 Å². The second kappa shape index (κ2) is 9.92. The summed E-state index contributed by atoms with van der Waals surface area (Å²) in [7, 11) is 0. The van der Waals surface area contributed by atoms with Gasteiger partial charge in [0.15, 0.2) is 6.61 Å². The first kappa shape index (κ1) is 25.4. The molecule has 0 aliphatic heterocycles. The Morgan fingerprint density at radius 2 is 1.86 bits per heavy atom. The second-order valence-electron chi connectivity index (χ2n) is 10.9. The average Bonchev–Trinajstić information content (AvgIpc) is 2.92. The molecule has 0 saturated heterocycles. The normalized spacial score (nSPS) is 28.6. The molecule has 2 aliphatic rings. The molecule has 0 spiro atoms. The van der Waals surface area contributed by atoms with Crippen molar-refractivity contribution >= 4 is 5.91 Å². The van der Waals surface area contributed by atoms with Crippen LogP contribution < -0.4 is 10.1 Å². The summed E-state index contributed by atoms with van der Waals surface area (Å²) in [5.41, 5.74) is 1.41. The molecular formula is C31H36N2O4. The van der Waals surface area contributed by atoms with Gasteiger partial charge in [0.05, 0.1) is 5.60 Å². The first-order valence-electron chi connectivity index (χ1n) is 13.2. The lowest BCUT2D eigenvalue weighted by molar-refractivity contribution is -0.205. The lowest BCUT2D eigenvalue weighted by atomic mass is 9.49. The molecule has 37 heavy (non-hydrogen) atoms. The minimum absolute atomic E-state index is 0.0514. The van der Waals surface area contributed by atoms with Crippen LogP contribution in [0.25, 0.3) is 0 Å².